The number of carbonyl (C=O) groups is 1. The van der Waals surface area contributed by atoms with Gasteiger partial charge in [-0.2, -0.15) is 0 Å². The zero-order valence-corrected chi connectivity index (χ0v) is 10.6. The van der Waals surface area contributed by atoms with Gasteiger partial charge in [0.25, 0.3) is 0 Å². The van der Waals surface area contributed by atoms with Gasteiger partial charge < -0.3 is 9.67 Å². The molecule has 2 aliphatic carbocycles. The van der Waals surface area contributed by atoms with Crippen molar-refractivity contribution in [1.29, 1.82) is 0 Å². The number of imidazole rings is 1. The molecule has 3 atom stereocenters. The fraction of sp³-hybridized carbons (Fsp3) is 0.467. The molecule has 2 fully saturated rings. The summed E-state index contributed by atoms with van der Waals surface area (Å²) in [6, 6.07) is 5.79. The average Bonchev–Trinajstić information content (AvgIpc) is 3.11. The van der Waals surface area contributed by atoms with Gasteiger partial charge in [-0.15, -0.1) is 0 Å². The highest BCUT2D eigenvalue weighted by Crippen LogP contribution is 2.51. The lowest BCUT2D eigenvalue weighted by Gasteiger charge is -2.24. The van der Waals surface area contributed by atoms with E-state index in [9.17, 15) is 9.90 Å². The van der Waals surface area contributed by atoms with E-state index in [2.05, 4.69) is 9.55 Å². The Morgan fingerprint density at radius 1 is 1.32 bits per heavy atom. The van der Waals surface area contributed by atoms with Crippen LogP contribution in [-0.2, 0) is 0 Å². The van der Waals surface area contributed by atoms with Crippen molar-refractivity contribution < 1.29 is 9.90 Å². The van der Waals surface area contributed by atoms with Crippen molar-refractivity contribution in [3.63, 3.8) is 0 Å². The summed E-state index contributed by atoms with van der Waals surface area (Å²) in [6.45, 7) is 0. The van der Waals surface area contributed by atoms with Crippen molar-refractivity contribution in [2.75, 3.05) is 0 Å². The van der Waals surface area contributed by atoms with Crippen LogP contribution >= 0.6 is 0 Å². The third-order valence-electron chi connectivity index (χ3n) is 4.88. The summed E-state index contributed by atoms with van der Waals surface area (Å²) in [4.78, 5) is 15.8. The van der Waals surface area contributed by atoms with E-state index in [1.807, 2.05) is 12.4 Å². The summed E-state index contributed by atoms with van der Waals surface area (Å²) < 4.78 is 2.13. The maximum atomic E-state index is 11.4. The van der Waals surface area contributed by atoms with Crippen molar-refractivity contribution in [2.24, 2.45) is 11.8 Å². The normalized spacial score (nSPS) is 29.2. The second-order valence-corrected chi connectivity index (χ2v) is 5.87. The minimum absolute atomic E-state index is 0.373. The number of carboxylic acids is 1. The molecule has 4 nitrogen and oxygen atoms in total. The van der Waals surface area contributed by atoms with Gasteiger partial charge in [-0.25, -0.2) is 9.78 Å². The molecule has 0 saturated heterocycles. The molecule has 19 heavy (non-hydrogen) atoms. The number of carboxylic acid groups (broad SMARTS) is 1. The first kappa shape index (κ1) is 11.0. The lowest BCUT2D eigenvalue weighted by atomic mass is 9.95. The molecule has 1 aromatic carbocycles. The molecule has 2 aromatic rings. The molecule has 1 aromatic heterocycles. The van der Waals surface area contributed by atoms with Crippen molar-refractivity contribution >= 4 is 17.0 Å². The third-order valence-corrected chi connectivity index (χ3v) is 4.88. The highest BCUT2D eigenvalue weighted by Gasteiger charge is 2.41. The van der Waals surface area contributed by atoms with Gasteiger partial charge in [-0.3, -0.25) is 0 Å². The van der Waals surface area contributed by atoms with E-state index in [1.165, 1.54) is 25.7 Å². The molecule has 4 heteroatoms. The number of benzene rings is 1. The quantitative estimate of drug-likeness (QED) is 0.898. The van der Waals surface area contributed by atoms with Crippen molar-refractivity contribution in [3.05, 3.63) is 30.1 Å². The molecule has 2 bridgehead atoms. The largest absolute Gasteiger partial charge is 0.478 e. The standard InChI is InChI=1S/C15H16N2O2/c18-15(19)11-2-1-3-12-14(11)17(8-16-12)13-7-9-4-5-10(13)6-9/h1-3,8-10,13H,4-7H2,(H,18,19). The highest BCUT2D eigenvalue weighted by atomic mass is 16.4. The third kappa shape index (κ3) is 1.52. The summed E-state index contributed by atoms with van der Waals surface area (Å²) in [6.07, 6.45) is 6.95. The molecule has 3 unspecified atom stereocenters. The number of hydrogen-bond donors (Lipinski definition) is 1. The van der Waals surface area contributed by atoms with Gasteiger partial charge in [0.05, 0.1) is 22.9 Å². The second-order valence-electron chi connectivity index (χ2n) is 5.87. The number of rotatable bonds is 2. The fourth-order valence-corrected chi connectivity index (χ4v) is 4.06. The van der Waals surface area contributed by atoms with Crippen LogP contribution in [0.1, 0.15) is 42.1 Å². The van der Waals surface area contributed by atoms with Crippen LogP contribution < -0.4 is 0 Å². The SMILES string of the molecule is O=C(O)c1cccc2ncn(C3CC4CCC3C4)c12. The predicted molar refractivity (Wildman–Crippen MR) is 71.2 cm³/mol. The van der Waals surface area contributed by atoms with Crippen molar-refractivity contribution in [3.8, 4) is 0 Å². The minimum atomic E-state index is -0.865. The maximum Gasteiger partial charge on any atom is 0.337 e. The topological polar surface area (TPSA) is 55.1 Å². The molecule has 2 aliphatic rings. The Morgan fingerprint density at radius 2 is 2.21 bits per heavy atom. The number of aromatic carboxylic acids is 1. The first-order chi connectivity index (χ1) is 9.24. The van der Waals surface area contributed by atoms with Crippen molar-refractivity contribution in [2.45, 2.75) is 31.7 Å². The van der Waals surface area contributed by atoms with Crippen LogP contribution in [0.15, 0.2) is 24.5 Å². The van der Waals surface area contributed by atoms with E-state index in [4.69, 9.17) is 0 Å². The Balaban J connectivity index is 1.88. The highest BCUT2D eigenvalue weighted by molar-refractivity contribution is 6.01. The lowest BCUT2D eigenvalue weighted by Crippen LogP contribution is -2.16. The van der Waals surface area contributed by atoms with E-state index in [0.29, 0.717) is 17.5 Å². The first-order valence-corrected chi connectivity index (χ1v) is 6.93. The zero-order chi connectivity index (χ0) is 13.0. The number of para-hydroxylation sites is 1. The maximum absolute atomic E-state index is 11.4. The molecular formula is C15H16N2O2. The Labute approximate surface area is 111 Å². The summed E-state index contributed by atoms with van der Waals surface area (Å²) in [7, 11) is 0. The van der Waals surface area contributed by atoms with Crippen LogP contribution in [0.25, 0.3) is 11.0 Å². The fourth-order valence-electron chi connectivity index (χ4n) is 4.06. The van der Waals surface area contributed by atoms with E-state index in [1.54, 1.807) is 12.1 Å². The Morgan fingerprint density at radius 3 is 2.89 bits per heavy atom. The van der Waals surface area contributed by atoms with E-state index < -0.39 is 5.97 Å². The molecular weight excluding hydrogens is 240 g/mol. The summed E-state index contributed by atoms with van der Waals surface area (Å²) in [5, 5.41) is 9.36. The van der Waals surface area contributed by atoms with Gasteiger partial charge in [-0.1, -0.05) is 12.5 Å². The summed E-state index contributed by atoms with van der Waals surface area (Å²) >= 11 is 0. The molecule has 1 heterocycles. The van der Waals surface area contributed by atoms with Crippen LogP contribution in [0, 0.1) is 11.8 Å². The molecule has 1 N–H and O–H groups in total. The summed E-state index contributed by atoms with van der Waals surface area (Å²) in [5.41, 5.74) is 1.97. The van der Waals surface area contributed by atoms with E-state index in [-0.39, 0.29) is 0 Å². The molecule has 0 aliphatic heterocycles. The molecule has 4 rings (SSSR count). The summed E-state index contributed by atoms with van der Waals surface area (Å²) in [5.74, 6) is 0.684. The first-order valence-electron chi connectivity index (χ1n) is 6.93. The van der Waals surface area contributed by atoms with Crippen LogP contribution in [0.2, 0.25) is 0 Å². The van der Waals surface area contributed by atoms with Gasteiger partial charge in [0, 0.05) is 6.04 Å². The predicted octanol–water partition coefficient (Wildman–Crippen LogP) is 3.10. The van der Waals surface area contributed by atoms with E-state index >= 15 is 0 Å². The van der Waals surface area contributed by atoms with Gasteiger partial charge in [0.2, 0.25) is 0 Å². The number of aromatic nitrogens is 2. The smallest absolute Gasteiger partial charge is 0.337 e. The lowest BCUT2D eigenvalue weighted by molar-refractivity contribution is 0.0698. The van der Waals surface area contributed by atoms with Crippen LogP contribution in [0.5, 0.6) is 0 Å². The van der Waals surface area contributed by atoms with E-state index in [0.717, 1.165) is 17.0 Å². The van der Waals surface area contributed by atoms with Gasteiger partial charge in [0.15, 0.2) is 0 Å². The second kappa shape index (κ2) is 3.83. The van der Waals surface area contributed by atoms with Gasteiger partial charge >= 0.3 is 5.97 Å². The molecule has 2 saturated carbocycles. The monoisotopic (exact) mass is 256 g/mol. The molecule has 0 amide bonds. The Kier molecular flexibility index (Phi) is 2.22. The number of fused-ring (bicyclic) bond motifs is 3. The van der Waals surface area contributed by atoms with Crippen LogP contribution in [0.4, 0.5) is 0 Å². The zero-order valence-electron chi connectivity index (χ0n) is 10.6. The molecule has 0 spiro atoms. The van der Waals surface area contributed by atoms with Crippen LogP contribution in [-0.4, -0.2) is 20.6 Å². The van der Waals surface area contributed by atoms with Gasteiger partial charge in [0.1, 0.15) is 0 Å². The molecule has 98 valence electrons. The molecule has 0 radical (unpaired) electrons. The van der Waals surface area contributed by atoms with Crippen molar-refractivity contribution in [1.82, 2.24) is 9.55 Å². The number of hydrogen-bond acceptors (Lipinski definition) is 2. The average molecular weight is 256 g/mol. The Bertz CT molecular complexity index is 661. The van der Waals surface area contributed by atoms with Crippen LogP contribution in [0.3, 0.4) is 0 Å². The number of nitrogens with zero attached hydrogens (tertiary/aromatic N) is 2. The van der Waals surface area contributed by atoms with Gasteiger partial charge in [-0.05, 0) is 43.2 Å². The minimum Gasteiger partial charge on any atom is -0.478 e. The Hall–Kier alpha value is -1.84.